The van der Waals surface area contributed by atoms with Gasteiger partial charge >= 0.3 is 0 Å². The van der Waals surface area contributed by atoms with Crippen molar-refractivity contribution in [2.75, 3.05) is 4.72 Å². The van der Waals surface area contributed by atoms with Gasteiger partial charge in [0.15, 0.2) is 0 Å². The number of rotatable bonds is 7. The third-order valence-corrected chi connectivity index (χ3v) is 5.49. The molecule has 1 N–H and O–H groups in total. The monoisotopic (exact) mass is 441 g/mol. The summed E-state index contributed by atoms with van der Waals surface area (Å²) in [6.07, 6.45) is 6.42. The average molecular weight is 442 g/mol. The Morgan fingerprint density at radius 3 is 2.63 bits per heavy atom. The van der Waals surface area contributed by atoms with Gasteiger partial charge < -0.3 is 4.74 Å². The molecule has 2 aromatic carbocycles. The van der Waals surface area contributed by atoms with Gasteiger partial charge in [-0.1, -0.05) is 23.7 Å². The zero-order chi connectivity index (χ0) is 21.0. The minimum Gasteiger partial charge on any atom is -0.439 e. The zero-order valence-electron chi connectivity index (χ0n) is 15.5. The molecule has 0 fully saturated rings. The molecule has 10 heteroatoms. The van der Waals surface area contributed by atoms with Crippen LogP contribution in [0.25, 0.3) is 5.82 Å². The molecule has 152 valence electrons. The maximum atomic E-state index is 12.4. The van der Waals surface area contributed by atoms with Crippen LogP contribution in [-0.4, -0.2) is 27.9 Å². The molecule has 30 heavy (non-hydrogen) atoms. The van der Waals surface area contributed by atoms with Gasteiger partial charge in [-0.15, -0.1) is 0 Å². The Balaban J connectivity index is 1.42. The van der Waals surface area contributed by atoms with Crippen molar-refractivity contribution in [1.29, 1.82) is 0 Å². The van der Waals surface area contributed by atoms with E-state index in [2.05, 4.69) is 19.7 Å². The maximum absolute atomic E-state index is 12.4. The number of halogens is 1. The summed E-state index contributed by atoms with van der Waals surface area (Å²) in [5, 5.41) is 0.491. The molecule has 0 aliphatic heterocycles. The van der Waals surface area contributed by atoms with E-state index in [1.54, 1.807) is 77.9 Å². The van der Waals surface area contributed by atoms with Gasteiger partial charge in [-0.3, -0.25) is 9.29 Å². The number of sulfonamides is 1. The van der Waals surface area contributed by atoms with Crippen molar-refractivity contribution >= 4 is 27.3 Å². The number of aromatic nitrogens is 4. The van der Waals surface area contributed by atoms with Crippen molar-refractivity contribution in [1.82, 2.24) is 19.5 Å². The largest absolute Gasteiger partial charge is 0.439 e. The predicted octanol–water partition coefficient (Wildman–Crippen LogP) is 4.05. The molecule has 2 heterocycles. The molecule has 2 aromatic heterocycles. The van der Waals surface area contributed by atoms with E-state index in [4.69, 9.17) is 16.3 Å². The lowest BCUT2D eigenvalue weighted by atomic mass is 10.2. The molecular weight excluding hydrogens is 426 g/mol. The van der Waals surface area contributed by atoms with E-state index in [0.717, 1.165) is 0 Å². The van der Waals surface area contributed by atoms with Crippen LogP contribution in [0.3, 0.4) is 0 Å². The van der Waals surface area contributed by atoms with Crippen LogP contribution in [0.5, 0.6) is 11.6 Å². The highest BCUT2D eigenvalue weighted by atomic mass is 35.5. The normalized spacial score (nSPS) is 11.2. The van der Waals surface area contributed by atoms with E-state index in [1.165, 1.54) is 6.33 Å². The molecule has 8 nitrogen and oxygen atoms in total. The number of nitrogens with one attached hydrogen (secondary N) is 1. The molecule has 0 saturated carbocycles. The van der Waals surface area contributed by atoms with Crippen LogP contribution in [0.4, 0.5) is 5.69 Å². The fourth-order valence-electron chi connectivity index (χ4n) is 2.70. The standard InChI is InChI=1S/C20H16ClN5O3S/c21-16-3-1-2-15(10-16)12-30(27,28)25-17-4-6-18(7-5-17)29-20-11-19(23-13-24-20)26-9-8-22-14-26/h1-11,13-14,25H,12H2. The van der Waals surface area contributed by atoms with Gasteiger partial charge in [-0.05, 0) is 42.0 Å². The van der Waals surface area contributed by atoms with Crippen LogP contribution in [-0.2, 0) is 15.8 Å². The summed E-state index contributed by atoms with van der Waals surface area (Å²) in [5.41, 5.74) is 1.03. The van der Waals surface area contributed by atoms with Gasteiger partial charge in [0.1, 0.15) is 24.2 Å². The molecule has 0 atom stereocenters. The lowest BCUT2D eigenvalue weighted by Gasteiger charge is -2.10. The van der Waals surface area contributed by atoms with Gasteiger partial charge in [0.2, 0.25) is 15.9 Å². The Kier molecular flexibility index (Phi) is 5.64. The SMILES string of the molecule is O=S(=O)(Cc1cccc(Cl)c1)Nc1ccc(Oc2cc(-n3ccnc3)ncn2)cc1. The van der Waals surface area contributed by atoms with Gasteiger partial charge in [-0.2, -0.15) is 0 Å². The minimum atomic E-state index is -3.59. The van der Waals surface area contributed by atoms with Crippen LogP contribution in [0.2, 0.25) is 5.02 Å². The Hall–Kier alpha value is -3.43. The molecule has 0 aliphatic carbocycles. The first kappa shape index (κ1) is 19.9. The van der Waals surface area contributed by atoms with Crippen LogP contribution in [0.15, 0.2) is 79.6 Å². The first-order valence-electron chi connectivity index (χ1n) is 8.80. The highest BCUT2D eigenvalue weighted by Gasteiger charge is 2.12. The fourth-order valence-corrected chi connectivity index (χ4v) is 4.09. The molecule has 0 spiro atoms. The number of nitrogens with zero attached hydrogens (tertiary/aromatic N) is 4. The Morgan fingerprint density at radius 2 is 1.90 bits per heavy atom. The lowest BCUT2D eigenvalue weighted by Crippen LogP contribution is -2.15. The second-order valence-electron chi connectivity index (χ2n) is 6.30. The van der Waals surface area contributed by atoms with E-state index < -0.39 is 10.0 Å². The highest BCUT2D eigenvalue weighted by molar-refractivity contribution is 7.91. The fraction of sp³-hybridized carbons (Fsp3) is 0.0500. The molecule has 0 saturated heterocycles. The quantitative estimate of drug-likeness (QED) is 0.464. The first-order valence-corrected chi connectivity index (χ1v) is 10.8. The van der Waals surface area contributed by atoms with E-state index in [-0.39, 0.29) is 5.75 Å². The number of anilines is 1. The van der Waals surface area contributed by atoms with Crippen molar-refractivity contribution in [2.24, 2.45) is 0 Å². The Bertz CT molecular complexity index is 1250. The number of hydrogen-bond acceptors (Lipinski definition) is 6. The number of hydrogen-bond donors (Lipinski definition) is 1. The summed E-state index contributed by atoms with van der Waals surface area (Å²) in [5.74, 6) is 1.29. The average Bonchev–Trinajstić information content (AvgIpc) is 3.24. The van der Waals surface area contributed by atoms with E-state index in [9.17, 15) is 8.42 Å². The molecule has 0 radical (unpaired) electrons. The summed E-state index contributed by atoms with van der Waals surface area (Å²) < 4.78 is 34.8. The predicted molar refractivity (Wildman–Crippen MR) is 113 cm³/mol. The first-order chi connectivity index (χ1) is 14.5. The summed E-state index contributed by atoms with van der Waals surface area (Å²) in [6.45, 7) is 0. The van der Waals surface area contributed by atoms with Crippen molar-refractivity contribution in [3.8, 4) is 17.4 Å². The van der Waals surface area contributed by atoms with E-state index >= 15 is 0 Å². The van der Waals surface area contributed by atoms with Crippen molar-refractivity contribution in [3.63, 3.8) is 0 Å². The summed E-state index contributed by atoms with van der Waals surface area (Å²) >= 11 is 5.91. The summed E-state index contributed by atoms with van der Waals surface area (Å²) in [6, 6.07) is 14.9. The van der Waals surface area contributed by atoms with Gasteiger partial charge in [0, 0.05) is 29.2 Å². The van der Waals surface area contributed by atoms with Crippen molar-refractivity contribution in [2.45, 2.75) is 5.75 Å². The minimum absolute atomic E-state index is 0.177. The number of ether oxygens (including phenoxy) is 1. The summed E-state index contributed by atoms with van der Waals surface area (Å²) in [4.78, 5) is 12.2. The molecule has 4 rings (SSSR count). The summed E-state index contributed by atoms with van der Waals surface area (Å²) in [7, 11) is -3.59. The van der Waals surface area contributed by atoms with Crippen molar-refractivity contribution in [3.05, 3.63) is 90.2 Å². The van der Waals surface area contributed by atoms with Crippen LogP contribution in [0, 0.1) is 0 Å². The number of imidazole rings is 1. The van der Waals surface area contributed by atoms with Crippen LogP contribution in [0.1, 0.15) is 5.56 Å². The molecule has 0 amide bonds. The topological polar surface area (TPSA) is 99.0 Å². The second-order valence-corrected chi connectivity index (χ2v) is 8.46. The maximum Gasteiger partial charge on any atom is 0.236 e. The van der Waals surface area contributed by atoms with Crippen LogP contribution < -0.4 is 9.46 Å². The van der Waals surface area contributed by atoms with Gasteiger partial charge in [-0.25, -0.2) is 23.4 Å². The van der Waals surface area contributed by atoms with Crippen LogP contribution >= 0.6 is 11.6 Å². The second kappa shape index (κ2) is 8.52. The van der Waals surface area contributed by atoms with E-state index in [0.29, 0.717) is 33.7 Å². The molecule has 0 bridgehead atoms. The lowest BCUT2D eigenvalue weighted by molar-refractivity contribution is 0.461. The van der Waals surface area contributed by atoms with Gasteiger partial charge in [0.05, 0.1) is 5.75 Å². The Morgan fingerprint density at radius 1 is 1.07 bits per heavy atom. The smallest absolute Gasteiger partial charge is 0.236 e. The van der Waals surface area contributed by atoms with Crippen molar-refractivity contribution < 1.29 is 13.2 Å². The number of benzene rings is 2. The third kappa shape index (κ3) is 5.13. The Labute approximate surface area is 178 Å². The third-order valence-electron chi connectivity index (χ3n) is 3.99. The molecule has 0 aliphatic rings. The zero-order valence-corrected chi connectivity index (χ0v) is 17.1. The molecule has 4 aromatic rings. The van der Waals surface area contributed by atoms with E-state index in [1.807, 2.05) is 0 Å². The molecule has 0 unspecified atom stereocenters. The van der Waals surface area contributed by atoms with Gasteiger partial charge in [0.25, 0.3) is 0 Å². The highest BCUT2D eigenvalue weighted by Crippen LogP contribution is 2.23. The molecular formula is C20H16ClN5O3S.